The molecule has 0 aromatic heterocycles. The molecule has 6 heteroatoms. The van der Waals surface area contributed by atoms with Crippen LogP contribution in [0.5, 0.6) is 0 Å². The van der Waals surface area contributed by atoms with Gasteiger partial charge in [-0.15, -0.1) is 0 Å². The van der Waals surface area contributed by atoms with Gasteiger partial charge in [0.15, 0.2) is 0 Å². The summed E-state index contributed by atoms with van der Waals surface area (Å²) in [6.45, 7) is 4.23. The molecule has 122 valence electrons. The van der Waals surface area contributed by atoms with E-state index in [1.54, 1.807) is 10.4 Å². The highest BCUT2D eigenvalue weighted by molar-refractivity contribution is 7.88. The van der Waals surface area contributed by atoms with Crippen LogP contribution in [-0.4, -0.2) is 56.6 Å². The Labute approximate surface area is 132 Å². The topological polar surface area (TPSA) is 40.6 Å². The Balaban J connectivity index is 1.42. The molecule has 0 saturated carbocycles. The molecule has 1 aromatic rings. The summed E-state index contributed by atoms with van der Waals surface area (Å²) in [5, 5.41) is 0. The molecule has 0 spiro atoms. The zero-order valence-electron chi connectivity index (χ0n) is 12.9. The zero-order valence-corrected chi connectivity index (χ0v) is 13.7. The van der Waals surface area contributed by atoms with E-state index in [-0.39, 0.29) is 5.82 Å². The molecule has 0 bridgehead atoms. The highest BCUT2D eigenvalue weighted by atomic mass is 32.2. The van der Waals surface area contributed by atoms with E-state index in [1.807, 2.05) is 12.1 Å². The number of sulfonamides is 1. The van der Waals surface area contributed by atoms with Crippen LogP contribution in [0.25, 0.3) is 0 Å². The Morgan fingerprint density at radius 2 is 1.91 bits per heavy atom. The molecule has 4 nitrogen and oxygen atoms in total. The standard InChI is InChI=1S/C16H23FN2O2S/c1-22(20,21)19-7-6-13(12-19)9-18-10-14(11-18)8-15-4-2-3-5-16(15)17/h2-5,13-14H,6-12H2,1H3. The zero-order chi connectivity index (χ0) is 15.7. The number of nitrogens with zero attached hydrogens (tertiary/aromatic N) is 2. The van der Waals surface area contributed by atoms with Crippen molar-refractivity contribution >= 4 is 10.0 Å². The van der Waals surface area contributed by atoms with E-state index >= 15 is 0 Å². The van der Waals surface area contributed by atoms with Crippen molar-refractivity contribution in [2.24, 2.45) is 11.8 Å². The third-order valence-electron chi connectivity index (χ3n) is 4.73. The summed E-state index contributed by atoms with van der Waals surface area (Å²) < 4.78 is 38.2. The van der Waals surface area contributed by atoms with Gasteiger partial charge in [-0.1, -0.05) is 18.2 Å². The fourth-order valence-electron chi connectivity index (χ4n) is 3.54. The summed E-state index contributed by atoms with van der Waals surface area (Å²) in [4.78, 5) is 2.36. The fraction of sp³-hybridized carbons (Fsp3) is 0.625. The van der Waals surface area contributed by atoms with Gasteiger partial charge in [-0.25, -0.2) is 17.1 Å². The van der Waals surface area contributed by atoms with Crippen molar-refractivity contribution in [3.8, 4) is 0 Å². The van der Waals surface area contributed by atoms with Crippen LogP contribution in [0.2, 0.25) is 0 Å². The van der Waals surface area contributed by atoms with Gasteiger partial charge >= 0.3 is 0 Å². The van der Waals surface area contributed by atoms with Crippen molar-refractivity contribution in [1.29, 1.82) is 0 Å². The Bertz CT molecular complexity index is 629. The average molecular weight is 326 g/mol. The van der Waals surface area contributed by atoms with E-state index in [4.69, 9.17) is 0 Å². The van der Waals surface area contributed by atoms with Gasteiger partial charge in [-0.2, -0.15) is 0 Å². The van der Waals surface area contributed by atoms with E-state index in [9.17, 15) is 12.8 Å². The lowest BCUT2D eigenvalue weighted by Gasteiger charge is -2.40. The Hall–Kier alpha value is -0.980. The van der Waals surface area contributed by atoms with Crippen molar-refractivity contribution in [3.63, 3.8) is 0 Å². The normalized spacial score (nSPS) is 24.5. The number of likely N-dealkylation sites (tertiary alicyclic amines) is 1. The molecule has 2 fully saturated rings. The Morgan fingerprint density at radius 3 is 2.55 bits per heavy atom. The first-order chi connectivity index (χ1) is 10.4. The van der Waals surface area contributed by atoms with Gasteiger partial charge in [0.2, 0.25) is 10.0 Å². The minimum atomic E-state index is -3.04. The van der Waals surface area contributed by atoms with Crippen molar-refractivity contribution in [3.05, 3.63) is 35.6 Å². The van der Waals surface area contributed by atoms with E-state index in [0.29, 0.717) is 24.9 Å². The van der Waals surface area contributed by atoms with E-state index in [1.165, 1.54) is 12.3 Å². The predicted molar refractivity (Wildman–Crippen MR) is 84.6 cm³/mol. The van der Waals surface area contributed by atoms with Crippen LogP contribution in [0.15, 0.2) is 24.3 Å². The molecule has 0 amide bonds. The van der Waals surface area contributed by atoms with Crippen LogP contribution in [0, 0.1) is 17.7 Å². The predicted octanol–water partition coefficient (Wildman–Crippen LogP) is 1.58. The molecule has 0 N–H and O–H groups in total. The molecule has 2 saturated heterocycles. The highest BCUT2D eigenvalue weighted by Crippen LogP contribution is 2.26. The van der Waals surface area contributed by atoms with Crippen LogP contribution >= 0.6 is 0 Å². The van der Waals surface area contributed by atoms with E-state index in [0.717, 1.165) is 38.0 Å². The second-order valence-electron chi connectivity index (χ2n) is 6.66. The van der Waals surface area contributed by atoms with Gasteiger partial charge in [0.1, 0.15) is 5.82 Å². The van der Waals surface area contributed by atoms with Crippen molar-refractivity contribution in [2.45, 2.75) is 12.8 Å². The Kier molecular flexibility index (Phi) is 4.52. The minimum absolute atomic E-state index is 0.111. The average Bonchev–Trinajstić information content (AvgIpc) is 2.87. The maximum Gasteiger partial charge on any atom is 0.211 e. The molecule has 1 unspecified atom stereocenters. The summed E-state index contributed by atoms with van der Waals surface area (Å²) in [5.74, 6) is 0.842. The van der Waals surface area contributed by atoms with Gasteiger partial charge < -0.3 is 4.90 Å². The van der Waals surface area contributed by atoms with Crippen LogP contribution in [0.1, 0.15) is 12.0 Å². The second-order valence-corrected chi connectivity index (χ2v) is 8.64. The maximum absolute atomic E-state index is 13.6. The van der Waals surface area contributed by atoms with Gasteiger partial charge in [0.25, 0.3) is 0 Å². The van der Waals surface area contributed by atoms with Crippen molar-refractivity contribution in [1.82, 2.24) is 9.21 Å². The molecule has 0 aliphatic carbocycles. The first-order valence-electron chi connectivity index (χ1n) is 7.82. The lowest BCUT2D eigenvalue weighted by Crippen LogP contribution is -2.49. The highest BCUT2D eigenvalue weighted by Gasteiger charge is 2.33. The third kappa shape index (κ3) is 3.67. The minimum Gasteiger partial charge on any atom is -0.302 e. The molecule has 1 atom stereocenters. The molecule has 2 aliphatic rings. The van der Waals surface area contributed by atoms with Gasteiger partial charge in [0.05, 0.1) is 6.26 Å². The third-order valence-corrected chi connectivity index (χ3v) is 6.00. The molecule has 3 rings (SSSR count). The summed E-state index contributed by atoms with van der Waals surface area (Å²) >= 11 is 0. The van der Waals surface area contributed by atoms with Crippen LogP contribution < -0.4 is 0 Å². The molecule has 2 heterocycles. The number of hydrogen-bond donors (Lipinski definition) is 0. The lowest BCUT2D eigenvalue weighted by molar-refractivity contribution is 0.0832. The monoisotopic (exact) mass is 326 g/mol. The molecule has 2 aliphatic heterocycles. The molecular formula is C16H23FN2O2S. The van der Waals surface area contributed by atoms with Crippen molar-refractivity contribution in [2.75, 3.05) is 39.0 Å². The quantitative estimate of drug-likeness (QED) is 0.825. The maximum atomic E-state index is 13.6. The number of rotatable bonds is 5. The van der Waals surface area contributed by atoms with Crippen LogP contribution in [0.4, 0.5) is 4.39 Å². The lowest BCUT2D eigenvalue weighted by atomic mass is 9.91. The summed E-state index contributed by atoms with van der Waals surface area (Å²) in [5.41, 5.74) is 0.802. The molecule has 1 aromatic carbocycles. The fourth-order valence-corrected chi connectivity index (χ4v) is 4.46. The number of benzene rings is 1. The van der Waals surface area contributed by atoms with Crippen molar-refractivity contribution < 1.29 is 12.8 Å². The second kappa shape index (κ2) is 6.26. The van der Waals surface area contributed by atoms with Gasteiger partial charge in [-0.3, -0.25) is 0 Å². The SMILES string of the molecule is CS(=O)(=O)N1CCC(CN2CC(Cc3ccccc3F)C2)C1. The van der Waals surface area contributed by atoms with E-state index in [2.05, 4.69) is 4.90 Å². The summed E-state index contributed by atoms with van der Waals surface area (Å²) in [6, 6.07) is 6.98. The molecule has 0 radical (unpaired) electrons. The largest absolute Gasteiger partial charge is 0.302 e. The molecule has 22 heavy (non-hydrogen) atoms. The van der Waals surface area contributed by atoms with E-state index < -0.39 is 10.0 Å². The van der Waals surface area contributed by atoms with Crippen LogP contribution in [-0.2, 0) is 16.4 Å². The molecular weight excluding hydrogens is 303 g/mol. The van der Waals surface area contributed by atoms with Gasteiger partial charge in [-0.05, 0) is 36.3 Å². The summed E-state index contributed by atoms with van der Waals surface area (Å²) in [7, 11) is -3.04. The van der Waals surface area contributed by atoms with Crippen LogP contribution in [0.3, 0.4) is 0 Å². The first kappa shape index (κ1) is 15.9. The Morgan fingerprint density at radius 1 is 1.18 bits per heavy atom. The smallest absolute Gasteiger partial charge is 0.211 e. The number of hydrogen-bond acceptors (Lipinski definition) is 3. The summed E-state index contributed by atoms with van der Waals surface area (Å²) in [6.07, 6.45) is 3.02. The number of halogens is 1. The van der Waals surface area contributed by atoms with Gasteiger partial charge in [0, 0.05) is 32.7 Å². The first-order valence-corrected chi connectivity index (χ1v) is 9.67.